The lowest BCUT2D eigenvalue weighted by Gasteiger charge is -2.24. The van der Waals surface area contributed by atoms with Crippen LogP contribution in [-0.4, -0.2) is 24.2 Å². The van der Waals surface area contributed by atoms with Crippen molar-refractivity contribution < 1.29 is 8.42 Å². The van der Waals surface area contributed by atoms with E-state index in [1.807, 2.05) is 91.9 Å². The van der Waals surface area contributed by atoms with E-state index in [-0.39, 0.29) is 10.9 Å². The summed E-state index contributed by atoms with van der Waals surface area (Å²) in [4.78, 5) is 0.209. The first-order valence-corrected chi connectivity index (χ1v) is 11.3. The van der Waals surface area contributed by atoms with Crippen LogP contribution in [0.1, 0.15) is 12.5 Å². The summed E-state index contributed by atoms with van der Waals surface area (Å²) < 4.78 is 31.0. The van der Waals surface area contributed by atoms with Crippen LogP contribution in [-0.2, 0) is 16.4 Å². The lowest BCUT2D eigenvalue weighted by molar-refractivity contribution is 0.584. The van der Waals surface area contributed by atoms with E-state index in [9.17, 15) is 8.42 Å². The van der Waals surface area contributed by atoms with Gasteiger partial charge in [0, 0.05) is 11.6 Å². The van der Waals surface area contributed by atoms with E-state index in [4.69, 9.17) is 0 Å². The fourth-order valence-corrected chi connectivity index (χ4v) is 5.90. The van der Waals surface area contributed by atoms with Gasteiger partial charge in [-0.25, -0.2) is 13.1 Å². The van der Waals surface area contributed by atoms with Crippen LogP contribution >= 0.6 is 0 Å². The third kappa shape index (κ3) is 3.00. The average molecular weight is 416 g/mol. The minimum Gasteiger partial charge on any atom is -0.263 e. The van der Waals surface area contributed by atoms with Gasteiger partial charge < -0.3 is 0 Å². The van der Waals surface area contributed by atoms with Crippen molar-refractivity contribution in [1.29, 1.82) is 0 Å². The summed E-state index contributed by atoms with van der Waals surface area (Å²) in [6.07, 6.45) is 2.32. The molecule has 0 aliphatic carbocycles. The maximum Gasteiger partial charge on any atom is 0.268 e. The molecule has 30 heavy (non-hydrogen) atoms. The maximum atomic E-state index is 13.9. The Kier molecular flexibility index (Phi) is 4.44. The average Bonchev–Trinajstić information content (AvgIpc) is 3.37. The number of rotatable bonds is 4. The minimum absolute atomic E-state index is 0.156. The molecule has 0 bridgehead atoms. The molecule has 0 saturated heterocycles. The highest BCUT2D eigenvalue weighted by Crippen LogP contribution is 2.39. The number of anilines is 1. The molecule has 150 valence electrons. The third-order valence-corrected chi connectivity index (χ3v) is 7.36. The second-order valence-corrected chi connectivity index (χ2v) is 9.25. The molecular formula is C24H21N3O2S. The molecule has 4 aromatic rings. The van der Waals surface area contributed by atoms with Gasteiger partial charge in [-0.05, 0) is 37.1 Å². The highest BCUT2D eigenvalue weighted by Gasteiger charge is 2.38. The van der Waals surface area contributed by atoms with Crippen molar-refractivity contribution >= 4 is 15.7 Å². The van der Waals surface area contributed by atoms with Crippen molar-refractivity contribution in [2.75, 3.05) is 4.31 Å². The number of nitrogens with zero attached hydrogens (tertiary/aromatic N) is 3. The van der Waals surface area contributed by atoms with E-state index >= 15 is 0 Å². The van der Waals surface area contributed by atoms with Gasteiger partial charge in [0.15, 0.2) is 0 Å². The smallest absolute Gasteiger partial charge is 0.263 e. The predicted octanol–water partition coefficient (Wildman–Crippen LogP) is 4.68. The zero-order valence-corrected chi connectivity index (χ0v) is 17.3. The Bertz CT molecular complexity index is 1300. The molecule has 3 aromatic carbocycles. The molecule has 0 fully saturated rings. The summed E-state index contributed by atoms with van der Waals surface area (Å²) in [5, 5.41) is 4.68. The molecule has 1 unspecified atom stereocenters. The topological polar surface area (TPSA) is 55.2 Å². The standard InChI is InChI=1S/C24H21N3O2S/c1-18-16-20-12-8-9-15-22(20)27(18)30(28,29)23-17-26(21-13-6-3-7-14-21)25-24(23)19-10-4-2-5-11-19/h2-15,17-18H,16H2,1H3. The molecule has 1 aromatic heterocycles. The summed E-state index contributed by atoms with van der Waals surface area (Å²) >= 11 is 0. The Balaban J connectivity index is 1.71. The van der Waals surface area contributed by atoms with Crippen molar-refractivity contribution in [3.63, 3.8) is 0 Å². The van der Waals surface area contributed by atoms with Crippen LogP contribution in [0.2, 0.25) is 0 Å². The normalized spacial score (nSPS) is 15.9. The van der Waals surface area contributed by atoms with Gasteiger partial charge in [-0.2, -0.15) is 5.10 Å². The van der Waals surface area contributed by atoms with Crippen molar-refractivity contribution in [3.05, 3.63) is 96.7 Å². The number of fused-ring (bicyclic) bond motifs is 1. The number of hydrogen-bond acceptors (Lipinski definition) is 3. The SMILES string of the molecule is CC1Cc2ccccc2N1S(=O)(=O)c1cn(-c2ccccc2)nc1-c1ccccc1. The second-order valence-electron chi connectivity index (χ2n) is 7.47. The number of hydrogen-bond donors (Lipinski definition) is 0. The zero-order chi connectivity index (χ0) is 20.7. The fraction of sp³-hybridized carbons (Fsp3) is 0.125. The van der Waals surface area contributed by atoms with E-state index in [0.29, 0.717) is 12.1 Å². The highest BCUT2D eigenvalue weighted by atomic mass is 32.2. The Morgan fingerprint density at radius 1 is 0.867 bits per heavy atom. The summed E-state index contributed by atoms with van der Waals surface area (Å²) in [7, 11) is -3.82. The number of benzene rings is 3. The van der Waals surface area contributed by atoms with Crippen molar-refractivity contribution in [2.24, 2.45) is 0 Å². The second kappa shape index (κ2) is 7.15. The largest absolute Gasteiger partial charge is 0.268 e. The van der Waals surface area contributed by atoms with Gasteiger partial charge >= 0.3 is 0 Å². The molecule has 5 nitrogen and oxygen atoms in total. The molecule has 6 heteroatoms. The Morgan fingerprint density at radius 3 is 2.23 bits per heavy atom. The first kappa shape index (κ1) is 18.6. The third-order valence-electron chi connectivity index (χ3n) is 5.43. The van der Waals surface area contributed by atoms with Crippen LogP contribution in [0.5, 0.6) is 0 Å². The number of para-hydroxylation sites is 2. The predicted molar refractivity (Wildman–Crippen MR) is 118 cm³/mol. The summed E-state index contributed by atoms with van der Waals surface area (Å²) in [5.41, 5.74) is 3.83. The van der Waals surface area contributed by atoms with Crippen LogP contribution < -0.4 is 4.31 Å². The molecular weight excluding hydrogens is 394 g/mol. The maximum absolute atomic E-state index is 13.9. The number of aromatic nitrogens is 2. The van der Waals surface area contributed by atoms with Crippen LogP contribution in [0.25, 0.3) is 16.9 Å². The summed E-state index contributed by atoms with van der Waals surface area (Å²) in [5.74, 6) is 0. The monoisotopic (exact) mass is 415 g/mol. The van der Waals surface area contributed by atoms with Crippen LogP contribution in [0.3, 0.4) is 0 Å². The van der Waals surface area contributed by atoms with E-state index in [2.05, 4.69) is 5.10 Å². The fourth-order valence-electron chi connectivity index (χ4n) is 4.07. The molecule has 0 spiro atoms. The first-order valence-electron chi connectivity index (χ1n) is 9.88. The van der Waals surface area contributed by atoms with Crippen LogP contribution in [0, 0.1) is 0 Å². The van der Waals surface area contributed by atoms with Crippen molar-refractivity contribution in [3.8, 4) is 16.9 Å². The van der Waals surface area contributed by atoms with Crippen LogP contribution in [0.4, 0.5) is 5.69 Å². The van der Waals surface area contributed by atoms with Gasteiger partial charge in [0.25, 0.3) is 10.0 Å². The zero-order valence-electron chi connectivity index (χ0n) is 16.5. The molecule has 1 atom stereocenters. The van der Waals surface area contributed by atoms with Gasteiger partial charge in [0.2, 0.25) is 0 Å². The Labute approximate surface area is 176 Å². The molecule has 0 saturated carbocycles. The first-order chi connectivity index (χ1) is 14.6. The van der Waals surface area contributed by atoms with Gasteiger partial charge in [-0.3, -0.25) is 4.31 Å². The highest BCUT2D eigenvalue weighted by molar-refractivity contribution is 7.93. The Hall–Kier alpha value is -3.38. The summed E-state index contributed by atoms with van der Waals surface area (Å²) in [6, 6.07) is 26.6. The lowest BCUT2D eigenvalue weighted by Crippen LogP contribution is -2.35. The van der Waals surface area contributed by atoms with E-state index in [0.717, 1.165) is 22.5 Å². The molecule has 0 radical (unpaired) electrons. The molecule has 1 aliphatic rings. The summed E-state index contributed by atoms with van der Waals surface area (Å²) in [6.45, 7) is 1.95. The van der Waals surface area contributed by atoms with Gasteiger partial charge in [-0.1, -0.05) is 66.7 Å². The lowest BCUT2D eigenvalue weighted by atomic mass is 10.1. The molecule has 2 heterocycles. The minimum atomic E-state index is -3.82. The van der Waals surface area contributed by atoms with Crippen molar-refractivity contribution in [1.82, 2.24) is 9.78 Å². The van der Waals surface area contributed by atoms with Crippen LogP contribution in [0.15, 0.2) is 96.0 Å². The van der Waals surface area contributed by atoms with Crippen molar-refractivity contribution in [2.45, 2.75) is 24.3 Å². The molecule has 0 amide bonds. The van der Waals surface area contributed by atoms with E-state index in [1.165, 1.54) is 0 Å². The Morgan fingerprint density at radius 2 is 1.50 bits per heavy atom. The molecule has 1 aliphatic heterocycles. The molecule has 0 N–H and O–H groups in total. The van der Waals surface area contributed by atoms with Gasteiger partial charge in [-0.15, -0.1) is 0 Å². The quantitative estimate of drug-likeness (QED) is 0.486. The van der Waals surface area contributed by atoms with E-state index < -0.39 is 10.0 Å². The molecule has 5 rings (SSSR count). The van der Waals surface area contributed by atoms with E-state index in [1.54, 1.807) is 15.2 Å². The van der Waals surface area contributed by atoms with Gasteiger partial charge in [0.05, 0.1) is 17.6 Å². The number of sulfonamides is 1. The van der Waals surface area contributed by atoms with Gasteiger partial charge in [0.1, 0.15) is 10.6 Å².